The molecule has 1 N–H and O–H groups in total. The van der Waals surface area contributed by atoms with Gasteiger partial charge in [-0.1, -0.05) is 49.4 Å². The average Bonchev–Trinajstić information content (AvgIpc) is 3.27. The molecule has 2 atom stereocenters. The summed E-state index contributed by atoms with van der Waals surface area (Å²) in [6.07, 6.45) is 0. The first-order valence-corrected chi connectivity index (χ1v) is 11.3. The van der Waals surface area contributed by atoms with Crippen molar-refractivity contribution in [1.29, 1.82) is 0 Å². The minimum atomic E-state index is -0.326. The molecular weight excluding hydrogens is 398 g/mol. The molecule has 2 aromatic carbocycles. The molecule has 2 aromatic rings. The minimum absolute atomic E-state index is 0.00753. The van der Waals surface area contributed by atoms with Gasteiger partial charge in [-0.2, -0.15) is 0 Å². The second-order valence-electron chi connectivity index (χ2n) is 7.79. The lowest BCUT2D eigenvalue weighted by atomic mass is 10.0. The second kappa shape index (κ2) is 8.92. The van der Waals surface area contributed by atoms with Gasteiger partial charge in [-0.15, -0.1) is 11.8 Å². The maximum absolute atomic E-state index is 12.7. The maximum atomic E-state index is 12.7. The summed E-state index contributed by atoms with van der Waals surface area (Å²) in [5.74, 6) is 1.40. The third-order valence-electron chi connectivity index (χ3n) is 5.65. The van der Waals surface area contributed by atoms with Crippen molar-refractivity contribution in [3.05, 3.63) is 71.3 Å². The zero-order valence-corrected chi connectivity index (χ0v) is 17.7. The fourth-order valence-corrected chi connectivity index (χ4v) is 4.97. The van der Waals surface area contributed by atoms with Crippen molar-refractivity contribution < 1.29 is 14.4 Å². The van der Waals surface area contributed by atoms with Crippen LogP contribution in [0, 0.1) is 0 Å². The van der Waals surface area contributed by atoms with Crippen LogP contribution in [0.4, 0.5) is 0 Å². The lowest BCUT2D eigenvalue weighted by molar-refractivity contribution is -0.153. The number of hydrogen-bond donors (Lipinski definition) is 1. The SMILES string of the molecule is CC(CNC(=O)c1ccc(CN2CC(=O)N3CSCC3C2=O)cc1)c1ccccc1. The summed E-state index contributed by atoms with van der Waals surface area (Å²) in [4.78, 5) is 40.7. The summed E-state index contributed by atoms with van der Waals surface area (Å²) in [5.41, 5.74) is 2.68. The van der Waals surface area contributed by atoms with Gasteiger partial charge in [0.25, 0.3) is 5.91 Å². The van der Waals surface area contributed by atoms with Crippen molar-refractivity contribution in [1.82, 2.24) is 15.1 Å². The Morgan fingerprint density at radius 3 is 2.60 bits per heavy atom. The van der Waals surface area contributed by atoms with E-state index in [1.807, 2.05) is 30.3 Å². The molecule has 6 nitrogen and oxygen atoms in total. The van der Waals surface area contributed by atoms with Crippen LogP contribution >= 0.6 is 11.8 Å². The first-order chi connectivity index (χ1) is 14.5. The molecule has 0 radical (unpaired) electrons. The predicted octanol–water partition coefficient (Wildman–Crippen LogP) is 2.46. The van der Waals surface area contributed by atoms with E-state index in [-0.39, 0.29) is 36.2 Å². The van der Waals surface area contributed by atoms with Gasteiger partial charge in [0.15, 0.2) is 0 Å². The highest BCUT2D eigenvalue weighted by molar-refractivity contribution is 7.99. The van der Waals surface area contributed by atoms with Gasteiger partial charge in [0.05, 0.1) is 5.88 Å². The molecule has 0 spiro atoms. The normalized spacial score (nSPS) is 19.6. The van der Waals surface area contributed by atoms with Crippen LogP contribution in [-0.2, 0) is 16.1 Å². The largest absolute Gasteiger partial charge is 0.351 e. The van der Waals surface area contributed by atoms with Crippen LogP contribution in [0.25, 0.3) is 0 Å². The minimum Gasteiger partial charge on any atom is -0.351 e. The fraction of sp³-hybridized carbons (Fsp3) is 0.348. The lowest BCUT2D eigenvalue weighted by Crippen LogP contribution is -2.57. The molecule has 0 aliphatic carbocycles. The molecule has 2 aliphatic rings. The van der Waals surface area contributed by atoms with Crippen LogP contribution in [0.15, 0.2) is 54.6 Å². The van der Waals surface area contributed by atoms with Gasteiger partial charge < -0.3 is 15.1 Å². The second-order valence-corrected chi connectivity index (χ2v) is 8.79. The molecule has 2 saturated heterocycles. The van der Waals surface area contributed by atoms with Crippen LogP contribution in [0.2, 0.25) is 0 Å². The third kappa shape index (κ3) is 4.36. The van der Waals surface area contributed by atoms with E-state index in [2.05, 4.69) is 24.4 Å². The third-order valence-corrected chi connectivity index (χ3v) is 6.66. The summed E-state index contributed by atoms with van der Waals surface area (Å²) >= 11 is 1.62. The van der Waals surface area contributed by atoms with E-state index >= 15 is 0 Å². The highest BCUT2D eigenvalue weighted by Crippen LogP contribution is 2.26. The van der Waals surface area contributed by atoms with E-state index in [0.717, 1.165) is 5.56 Å². The number of hydrogen-bond acceptors (Lipinski definition) is 4. The summed E-state index contributed by atoms with van der Waals surface area (Å²) < 4.78 is 0. The van der Waals surface area contributed by atoms with Crippen LogP contribution in [0.1, 0.15) is 34.3 Å². The van der Waals surface area contributed by atoms with Crippen molar-refractivity contribution in [3.8, 4) is 0 Å². The van der Waals surface area contributed by atoms with Crippen LogP contribution in [0.5, 0.6) is 0 Å². The van der Waals surface area contributed by atoms with E-state index in [0.29, 0.717) is 30.3 Å². The Labute approximate surface area is 180 Å². The van der Waals surface area contributed by atoms with Crippen molar-refractivity contribution in [2.45, 2.75) is 25.4 Å². The number of piperazine rings is 1. The maximum Gasteiger partial charge on any atom is 0.251 e. The van der Waals surface area contributed by atoms with E-state index in [4.69, 9.17) is 0 Å². The van der Waals surface area contributed by atoms with Gasteiger partial charge in [0.1, 0.15) is 12.6 Å². The molecule has 7 heteroatoms. The zero-order valence-electron chi connectivity index (χ0n) is 16.9. The van der Waals surface area contributed by atoms with Crippen molar-refractivity contribution in [3.63, 3.8) is 0 Å². The van der Waals surface area contributed by atoms with Crippen LogP contribution in [0.3, 0.4) is 0 Å². The van der Waals surface area contributed by atoms with Crippen molar-refractivity contribution >= 4 is 29.5 Å². The van der Waals surface area contributed by atoms with E-state index < -0.39 is 0 Å². The molecule has 2 heterocycles. The van der Waals surface area contributed by atoms with Gasteiger partial charge in [-0.3, -0.25) is 14.4 Å². The Hall–Kier alpha value is -2.80. The Bertz CT molecular complexity index is 932. The van der Waals surface area contributed by atoms with Crippen molar-refractivity contribution in [2.75, 3.05) is 24.7 Å². The quantitative estimate of drug-likeness (QED) is 0.775. The number of amides is 3. The highest BCUT2D eigenvalue weighted by Gasteiger charge is 2.42. The molecule has 0 aromatic heterocycles. The monoisotopic (exact) mass is 423 g/mol. The Kier molecular flexibility index (Phi) is 6.08. The van der Waals surface area contributed by atoms with Crippen LogP contribution in [-0.4, -0.2) is 58.3 Å². The zero-order chi connectivity index (χ0) is 21.1. The van der Waals surface area contributed by atoms with Gasteiger partial charge in [-0.25, -0.2) is 0 Å². The first kappa shape index (κ1) is 20.5. The first-order valence-electron chi connectivity index (χ1n) is 10.1. The number of nitrogens with zero attached hydrogens (tertiary/aromatic N) is 2. The van der Waals surface area contributed by atoms with Gasteiger partial charge in [0, 0.05) is 24.4 Å². The molecule has 3 amide bonds. The van der Waals surface area contributed by atoms with Gasteiger partial charge in [-0.05, 0) is 29.2 Å². The molecule has 30 heavy (non-hydrogen) atoms. The Morgan fingerprint density at radius 1 is 1.13 bits per heavy atom. The molecule has 2 unspecified atom stereocenters. The van der Waals surface area contributed by atoms with Gasteiger partial charge >= 0.3 is 0 Å². The number of nitrogens with one attached hydrogen (secondary N) is 1. The lowest BCUT2D eigenvalue weighted by Gasteiger charge is -2.35. The summed E-state index contributed by atoms with van der Waals surface area (Å²) in [6.45, 7) is 3.15. The fourth-order valence-electron chi connectivity index (χ4n) is 3.80. The number of benzene rings is 2. The number of thioether (sulfide) groups is 1. The Morgan fingerprint density at radius 2 is 1.87 bits per heavy atom. The van der Waals surface area contributed by atoms with E-state index in [9.17, 15) is 14.4 Å². The molecule has 4 rings (SSSR count). The molecule has 156 valence electrons. The summed E-state index contributed by atoms with van der Waals surface area (Å²) in [7, 11) is 0. The van der Waals surface area contributed by atoms with E-state index in [1.54, 1.807) is 33.7 Å². The predicted molar refractivity (Wildman–Crippen MR) is 117 cm³/mol. The van der Waals surface area contributed by atoms with Crippen LogP contribution < -0.4 is 5.32 Å². The van der Waals surface area contributed by atoms with Gasteiger partial charge in [0.2, 0.25) is 11.8 Å². The standard InChI is InChI=1S/C23H25N3O3S/c1-16(18-5-3-2-4-6-18)11-24-22(28)19-9-7-17(8-10-19)12-25-13-21(27)26-15-30-14-20(26)23(25)29/h2-10,16,20H,11-15H2,1H3,(H,24,28). The number of carbonyl (C=O) groups excluding carboxylic acids is 3. The molecule has 0 saturated carbocycles. The summed E-state index contributed by atoms with van der Waals surface area (Å²) in [6, 6.07) is 17.0. The average molecular weight is 424 g/mol. The molecule has 2 aliphatic heterocycles. The molecular formula is C23H25N3O3S. The van der Waals surface area contributed by atoms with E-state index in [1.165, 1.54) is 5.56 Å². The number of fused-ring (bicyclic) bond motifs is 1. The smallest absolute Gasteiger partial charge is 0.251 e. The molecule has 2 fully saturated rings. The number of carbonyl (C=O) groups is 3. The topological polar surface area (TPSA) is 69.7 Å². The molecule has 0 bridgehead atoms. The Balaban J connectivity index is 1.33. The highest BCUT2D eigenvalue weighted by atomic mass is 32.2. The summed E-state index contributed by atoms with van der Waals surface area (Å²) in [5, 5.41) is 2.98. The number of rotatable bonds is 6. The van der Waals surface area contributed by atoms with Crippen molar-refractivity contribution in [2.24, 2.45) is 0 Å².